The predicted molar refractivity (Wildman–Crippen MR) is 101 cm³/mol. The van der Waals surface area contributed by atoms with Crippen molar-refractivity contribution in [3.05, 3.63) is 24.0 Å². The predicted octanol–water partition coefficient (Wildman–Crippen LogP) is 2.14. The van der Waals surface area contributed by atoms with Gasteiger partial charge in [0, 0.05) is 73.8 Å². The highest BCUT2D eigenvalue weighted by atomic mass is 32.1. The van der Waals surface area contributed by atoms with E-state index in [4.69, 9.17) is 4.98 Å². The van der Waals surface area contributed by atoms with Crippen LogP contribution in [-0.4, -0.2) is 44.5 Å². The normalized spacial score (nSPS) is 23.0. The zero-order valence-electron chi connectivity index (χ0n) is 15.6. The molecule has 2 aromatic heterocycles. The van der Waals surface area contributed by atoms with Gasteiger partial charge in [0.25, 0.3) is 0 Å². The highest BCUT2D eigenvalue weighted by Gasteiger charge is 2.38. The van der Waals surface area contributed by atoms with Gasteiger partial charge in [-0.25, -0.2) is 9.97 Å². The molecule has 26 heavy (non-hydrogen) atoms. The standard InChI is InChI=1S/C18H26N6OS/c1-11(2)16-21-18(26-22-16)24-8-13(6-20-17(25)12-4-5-12)14(9-24)15-7-19-10-23(15)3/h7,10-14H,4-6,8-9H2,1-3H3,(H,20,25)/t13-,14-/m1/s1. The summed E-state index contributed by atoms with van der Waals surface area (Å²) in [5, 5.41) is 4.15. The van der Waals surface area contributed by atoms with Crippen molar-refractivity contribution in [2.45, 2.75) is 38.5 Å². The van der Waals surface area contributed by atoms with Gasteiger partial charge < -0.3 is 14.8 Å². The first-order valence-electron chi connectivity index (χ1n) is 9.35. The van der Waals surface area contributed by atoms with Crippen LogP contribution in [0.1, 0.15) is 50.0 Å². The highest BCUT2D eigenvalue weighted by Crippen LogP contribution is 2.36. The molecule has 1 aliphatic carbocycles. The summed E-state index contributed by atoms with van der Waals surface area (Å²) in [6.45, 7) is 6.70. The number of anilines is 1. The second-order valence-electron chi connectivity index (χ2n) is 7.81. The molecular formula is C18H26N6OS. The van der Waals surface area contributed by atoms with E-state index in [1.54, 1.807) is 0 Å². The van der Waals surface area contributed by atoms with Crippen molar-refractivity contribution in [1.82, 2.24) is 24.2 Å². The highest BCUT2D eigenvalue weighted by molar-refractivity contribution is 7.09. The van der Waals surface area contributed by atoms with Gasteiger partial charge in [0.1, 0.15) is 5.82 Å². The number of hydrogen-bond donors (Lipinski definition) is 1. The number of hydrogen-bond acceptors (Lipinski definition) is 6. The minimum atomic E-state index is 0.213. The van der Waals surface area contributed by atoms with Crippen LogP contribution in [0.4, 0.5) is 5.13 Å². The fourth-order valence-corrected chi connectivity index (χ4v) is 4.43. The number of amides is 1. The average molecular weight is 375 g/mol. The Kier molecular flexibility index (Phi) is 4.69. The van der Waals surface area contributed by atoms with Crippen LogP contribution in [0.15, 0.2) is 12.5 Å². The van der Waals surface area contributed by atoms with E-state index >= 15 is 0 Å². The molecule has 0 unspecified atom stereocenters. The largest absolute Gasteiger partial charge is 0.355 e. The molecule has 3 heterocycles. The molecule has 2 atom stereocenters. The average Bonchev–Trinajstić information content (AvgIpc) is 3.02. The van der Waals surface area contributed by atoms with Crippen LogP contribution in [0, 0.1) is 11.8 Å². The zero-order chi connectivity index (χ0) is 18.3. The number of imidazole rings is 1. The molecule has 0 bridgehead atoms. The SMILES string of the molecule is CC(C)c1nsc(N2C[C@@H](CNC(=O)C3CC3)[C@H](c3cncn3C)C2)n1. The summed E-state index contributed by atoms with van der Waals surface area (Å²) >= 11 is 1.47. The van der Waals surface area contributed by atoms with E-state index in [9.17, 15) is 4.79 Å². The first kappa shape index (κ1) is 17.5. The maximum Gasteiger partial charge on any atom is 0.223 e. The first-order valence-corrected chi connectivity index (χ1v) is 10.1. The van der Waals surface area contributed by atoms with Gasteiger partial charge in [-0.3, -0.25) is 4.79 Å². The molecule has 1 saturated carbocycles. The van der Waals surface area contributed by atoms with E-state index in [-0.39, 0.29) is 11.8 Å². The Hall–Kier alpha value is -1.96. The van der Waals surface area contributed by atoms with Crippen molar-refractivity contribution in [2.24, 2.45) is 18.9 Å². The molecule has 7 nitrogen and oxygen atoms in total. The van der Waals surface area contributed by atoms with Crippen LogP contribution in [0.3, 0.4) is 0 Å². The van der Waals surface area contributed by atoms with E-state index in [0.29, 0.717) is 24.3 Å². The molecule has 2 aromatic rings. The number of aromatic nitrogens is 4. The third-order valence-corrected chi connectivity index (χ3v) is 6.17. The summed E-state index contributed by atoms with van der Waals surface area (Å²) in [6, 6.07) is 0. The molecule has 1 aliphatic heterocycles. The van der Waals surface area contributed by atoms with E-state index in [2.05, 4.69) is 38.0 Å². The number of aryl methyl sites for hydroxylation is 1. The Balaban J connectivity index is 1.51. The number of nitrogens with zero attached hydrogens (tertiary/aromatic N) is 5. The van der Waals surface area contributed by atoms with Gasteiger partial charge in [0.15, 0.2) is 0 Å². The van der Waals surface area contributed by atoms with Crippen LogP contribution in [0.5, 0.6) is 0 Å². The molecule has 4 rings (SSSR count). The number of carbonyl (C=O) groups is 1. The van der Waals surface area contributed by atoms with E-state index in [1.807, 2.05) is 19.6 Å². The van der Waals surface area contributed by atoms with Crippen molar-refractivity contribution < 1.29 is 4.79 Å². The van der Waals surface area contributed by atoms with Gasteiger partial charge in [-0.1, -0.05) is 13.8 Å². The maximum absolute atomic E-state index is 12.1. The van der Waals surface area contributed by atoms with Crippen LogP contribution in [-0.2, 0) is 11.8 Å². The van der Waals surface area contributed by atoms with Crippen molar-refractivity contribution in [2.75, 3.05) is 24.5 Å². The van der Waals surface area contributed by atoms with Crippen molar-refractivity contribution in [3.63, 3.8) is 0 Å². The molecule has 0 aromatic carbocycles. The molecule has 1 N–H and O–H groups in total. The second-order valence-corrected chi connectivity index (χ2v) is 8.54. The Morgan fingerprint density at radius 3 is 2.81 bits per heavy atom. The summed E-state index contributed by atoms with van der Waals surface area (Å²) in [6.07, 6.45) is 5.87. The van der Waals surface area contributed by atoms with E-state index < -0.39 is 0 Å². The van der Waals surface area contributed by atoms with Gasteiger partial charge in [-0.15, -0.1) is 0 Å². The fourth-order valence-electron chi connectivity index (χ4n) is 3.61. The summed E-state index contributed by atoms with van der Waals surface area (Å²) < 4.78 is 6.58. The van der Waals surface area contributed by atoms with Crippen LogP contribution < -0.4 is 10.2 Å². The van der Waals surface area contributed by atoms with Gasteiger partial charge in [-0.2, -0.15) is 4.37 Å². The number of rotatable bonds is 6. The lowest BCUT2D eigenvalue weighted by Crippen LogP contribution is -2.33. The van der Waals surface area contributed by atoms with Crippen molar-refractivity contribution in [1.29, 1.82) is 0 Å². The Labute approximate surface area is 158 Å². The lowest BCUT2D eigenvalue weighted by molar-refractivity contribution is -0.122. The summed E-state index contributed by atoms with van der Waals surface area (Å²) in [5.41, 5.74) is 1.21. The quantitative estimate of drug-likeness (QED) is 0.838. The van der Waals surface area contributed by atoms with Crippen LogP contribution >= 0.6 is 11.5 Å². The van der Waals surface area contributed by atoms with E-state index in [0.717, 1.165) is 36.9 Å². The van der Waals surface area contributed by atoms with Gasteiger partial charge in [0.05, 0.1) is 6.33 Å². The molecule has 140 valence electrons. The second kappa shape index (κ2) is 6.98. The molecule has 1 amide bonds. The molecule has 8 heteroatoms. The van der Waals surface area contributed by atoms with Gasteiger partial charge >= 0.3 is 0 Å². The zero-order valence-corrected chi connectivity index (χ0v) is 16.4. The van der Waals surface area contributed by atoms with E-state index in [1.165, 1.54) is 17.2 Å². The fraction of sp³-hybridized carbons (Fsp3) is 0.667. The molecule has 2 fully saturated rings. The van der Waals surface area contributed by atoms with Gasteiger partial charge in [0.2, 0.25) is 11.0 Å². The van der Waals surface area contributed by atoms with Crippen molar-refractivity contribution in [3.8, 4) is 0 Å². The van der Waals surface area contributed by atoms with Crippen molar-refractivity contribution >= 4 is 22.6 Å². The minimum absolute atomic E-state index is 0.213. The number of nitrogens with one attached hydrogen (secondary N) is 1. The molecule has 0 spiro atoms. The lowest BCUT2D eigenvalue weighted by atomic mass is 9.93. The number of carbonyl (C=O) groups excluding carboxylic acids is 1. The monoisotopic (exact) mass is 374 g/mol. The minimum Gasteiger partial charge on any atom is -0.355 e. The Bertz CT molecular complexity index is 780. The molecular weight excluding hydrogens is 348 g/mol. The summed E-state index contributed by atoms with van der Waals surface area (Å²) in [7, 11) is 2.03. The first-order chi connectivity index (χ1) is 12.5. The summed E-state index contributed by atoms with van der Waals surface area (Å²) in [5.74, 6) is 2.38. The molecule has 2 aliphatic rings. The molecule has 1 saturated heterocycles. The third kappa shape index (κ3) is 3.47. The Morgan fingerprint density at radius 1 is 1.38 bits per heavy atom. The Morgan fingerprint density at radius 2 is 2.19 bits per heavy atom. The topological polar surface area (TPSA) is 75.9 Å². The summed E-state index contributed by atoms with van der Waals surface area (Å²) in [4.78, 5) is 23.4. The lowest BCUT2D eigenvalue weighted by Gasteiger charge is -2.18. The van der Waals surface area contributed by atoms with Gasteiger partial charge in [-0.05, 0) is 12.8 Å². The van der Waals surface area contributed by atoms with Crippen LogP contribution in [0.2, 0.25) is 0 Å². The third-order valence-electron chi connectivity index (χ3n) is 5.38. The maximum atomic E-state index is 12.1. The smallest absolute Gasteiger partial charge is 0.223 e. The molecule has 0 radical (unpaired) electrons. The van der Waals surface area contributed by atoms with Crippen LogP contribution in [0.25, 0.3) is 0 Å².